The average Bonchev–Trinajstić information content (AvgIpc) is 2.59. The molecule has 2 amide bonds. The lowest BCUT2D eigenvalue weighted by Crippen LogP contribution is -2.51. The number of amides is 2. The largest absolute Gasteiger partial charge is 0.348 e. The molecule has 2 rings (SSSR count). The lowest BCUT2D eigenvalue weighted by molar-refractivity contribution is -0.125. The summed E-state index contributed by atoms with van der Waals surface area (Å²) in [5, 5.41) is 5.33. The molecular weight excluding hydrogens is 282 g/mol. The van der Waals surface area contributed by atoms with Crippen molar-refractivity contribution in [2.45, 2.75) is 38.1 Å². The summed E-state index contributed by atoms with van der Waals surface area (Å²) in [6.07, 6.45) is 7.26. The third kappa shape index (κ3) is 4.38. The van der Waals surface area contributed by atoms with Crippen molar-refractivity contribution in [1.29, 1.82) is 0 Å². The van der Waals surface area contributed by atoms with E-state index in [9.17, 15) is 14.4 Å². The number of aromatic nitrogens is 1. The Bertz CT molecular complexity index is 513. The van der Waals surface area contributed by atoms with Gasteiger partial charge in [-0.05, 0) is 30.9 Å². The number of nitrogens with one attached hydrogen (secondary N) is 2. The summed E-state index contributed by atoms with van der Waals surface area (Å²) >= 11 is 0. The predicted octanol–water partition coefficient (Wildman–Crippen LogP) is 1.08. The third-order valence-corrected chi connectivity index (χ3v) is 3.95. The van der Waals surface area contributed by atoms with Gasteiger partial charge in [-0.2, -0.15) is 0 Å². The number of rotatable bonds is 6. The second kappa shape index (κ2) is 8.26. The highest BCUT2D eigenvalue weighted by atomic mass is 16.2. The molecule has 1 atom stereocenters. The first-order valence-corrected chi connectivity index (χ1v) is 7.65. The van der Waals surface area contributed by atoms with Crippen LogP contribution in [0.4, 0.5) is 0 Å². The molecule has 2 N–H and O–H groups in total. The summed E-state index contributed by atoms with van der Waals surface area (Å²) in [7, 11) is 0. The molecule has 0 aliphatic heterocycles. The number of carbonyl (C=O) groups excluding carboxylic acids is 3. The van der Waals surface area contributed by atoms with E-state index in [1.54, 1.807) is 18.2 Å². The fraction of sp³-hybridized carbons (Fsp3) is 0.500. The van der Waals surface area contributed by atoms with Gasteiger partial charge in [0.25, 0.3) is 5.91 Å². The van der Waals surface area contributed by atoms with Crippen molar-refractivity contribution >= 4 is 18.1 Å². The molecule has 1 heterocycles. The molecule has 6 nitrogen and oxygen atoms in total. The van der Waals surface area contributed by atoms with Crippen molar-refractivity contribution in [3.8, 4) is 0 Å². The van der Waals surface area contributed by atoms with Crippen molar-refractivity contribution < 1.29 is 14.4 Å². The van der Waals surface area contributed by atoms with E-state index in [1.807, 2.05) is 0 Å². The Morgan fingerprint density at radius 2 is 2.05 bits per heavy atom. The van der Waals surface area contributed by atoms with Crippen molar-refractivity contribution in [3.63, 3.8) is 0 Å². The van der Waals surface area contributed by atoms with Crippen LogP contribution in [0.15, 0.2) is 24.4 Å². The second-order valence-corrected chi connectivity index (χ2v) is 5.48. The number of hydrogen-bond donors (Lipinski definition) is 2. The smallest absolute Gasteiger partial charge is 0.270 e. The average molecular weight is 303 g/mol. The Morgan fingerprint density at radius 1 is 1.27 bits per heavy atom. The first-order chi connectivity index (χ1) is 10.7. The van der Waals surface area contributed by atoms with Gasteiger partial charge < -0.3 is 15.4 Å². The van der Waals surface area contributed by atoms with Crippen LogP contribution in [0.2, 0.25) is 0 Å². The molecule has 1 saturated carbocycles. The van der Waals surface area contributed by atoms with Crippen LogP contribution in [0, 0.1) is 5.92 Å². The molecule has 0 radical (unpaired) electrons. The zero-order valence-electron chi connectivity index (χ0n) is 12.5. The maximum absolute atomic E-state index is 12.3. The van der Waals surface area contributed by atoms with Gasteiger partial charge in [-0.1, -0.05) is 25.3 Å². The summed E-state index contributed by atoms with van der Waals surface area (Å²) in [5.74, 6) is -0.561. The molecule has 0 saturated heterocycles. The second-order valence-electron chi connectivity index (χ2n) is 5.48. The first kappa shape index (κ1) is 16.1. The highest BCUT2D eigenvalue weighted by molar-refractivity contribution is 5.96. The van der Waals surface area contributed by atoms with E-state index in [0.29, 0.717) is 6.29 Å². The van der Waals surface area contributed by atoms with Gasteiger partial charge in [0.15, 0.2) is 0 Å². The van der Waals surface area contributed by atoms with Crippen LogP contribution in [-0.2, 0) is 9.59 Å². The van der Waals surface area contributed by atoms with Crippen LogP contribution in [-0.4, -0.2) is 35.7 Å². The molecule has 1 aliphatic rings. The van der Waals surface area contributed by atoms with Gasteiger partial charge in [0, 0.05) is 6.20 Å². The van der Waals surface area contributed by atoms with E-state index < -0.39 is 6.04 Å². The van der Waals surface area contributed by atoms with E-state index >= 15 is 0 Å². The fourth-order valence-electron chi connectivity index (χ4n) is 2.83. The molecule has 1 aromatic heterocycles. The van der Waals surface area contributed by atoms with E-state index in [1.165, 1.54) is 6.20 Å². The Labute approximate surface area is 129 Å². The minimum atomic E-state index is -0.616. The summed E-state index contributed by atoms with van der Waals surface area (Å²) in [4.78, 5) is 39.0. The van der Waals surface area contributed by atoms with Crippen LogP contribution < -0.4 is 10.6 Å². The van der Waals surface area contributed by atoms with E-state index in [2.05, 4.69) is 15.6 Å². The van der Waals surface area contributed by atoms with Crippen LogP contribution in [0.5, 0.6) is 0 Å². The maximum atomic E-state index is 12.3. The van der Waals surface area contributed by atoms with E-state index in [4.69, 9.17) is 0 Å². The minimum Gasteiger partial charge on any atom is -0.348 e. The fourth-order valence-corrected chi connectivity index (χ4v) is 2.83. The zero-order chi connectivity index (χ0) is 15.8. The molecule has 118 valence electrons. The zero-order valence-corrected chi connectivity index (χ0v) is 12.5. The molecule has 1 aromatic rings. The Kier molecular flexibility index (Phi) is 6.06. The number of nitrogens with zero attached hydrogens (tertiary/aromatic N) is 1. The summed E-state index contributed by atoms with van der Waals surface area (Å²) in [6.45, 7) is -0.0402. The lowest BCUT2D eigenvalue weighted by atomic mass is 9.83. The van der Waals surface area contributed by atoms with Gasteiger partial charge in [0.05, 0.1) is 6.54 Å². The minimum absolute atomic E-state index is 0.0402. The third-order valence-electron chi connectivity index (χ3n) is 3.95. The normalized spacial score (nSPS) is 16.5. The molecule has 1 unspecified atom stereocenters. The number of hydrogen-bond acceptors (Lipinski definition) is 4. The summed E-state index contributed by atoms with van der Waals surface area (Å²) in [5.41, 5.74) is 0.284. The van der Waals surface area contributed by atoms with Crippen molar-refractivity contribution in [2.24, 2.45) is 5.92 Å². The molecule has 0 spiro atoms. The van der Waals surface area contributed by atoms with Gasteiger partial charge in [-0.3, -0.25) is 14.6 Å². The van der Waals surface area contributed by atoms with Crippen molar-refractivity contribution in [3.05, 3.63) is 30.1 Å². The molecule has 22 heavy (non-hydrogen) atoms. The summed E-state index contributed by atoms with van der Waals surface area (Å²) in [6, 6.07) is 4.45. The molecule has 1 fully saturated rings. The monoisotopic (exact) mass is 303 g/mol. The van der Waals surface area contributed by atoms with Crippen molar-refractivity contribution in [2.75, 3.05) is 6.54 Å². The SMILES string of the molecule is O=CCNC(=O)C(NC(=O)c1ccccn1)C1CCCCC1. The molecule has 0 aromatic carbocycles. The topological polar surface area (TPSA) is 88.2 Å². The quantitative estimate of drug-likeness (QED) is 0.770. The Morgan fingerprint density at radius 3 is 2.68 bits per heavy atom. The van der Waals surface area contributed by atoms with E-state index in [0.717, 1.165) is 32.1 Å². The summed E-state index contributed by atoms with van der Waals surface area (Å²) < 4.78 is 0. The highest BCUT2D eigenvalue weighted by Crippen LogP contribution is 2.26. The van der Waals surface area contributed by atoms with Crippen LogP contribution in [0.25, 0.3) is 0 Å². The maximum Gasteiger partial charge on any atom is 0.270 e. The van der Waals surface area contributed by atoms with Crippen LogP contribution >= 0.6 is 0 Å². The molecular formula is C16H21N3O3. The van der Waals surface area contributed by atoms with E-state index in [-0.39, 0.29) is 30.0 Å². The Hall–Kier alpha value is -2.24. The van der Waals surface area contributed by atoms with Crippen molar-refractivity contribution in [1.82, 2.24) is 15.6 Å². The number of pyridine rings is 1. The van der Waals surface area contributed by atoms with Gasteiger partial charge >= 0.3 is 0 Å². The highest BCUT2D eigenvalue weighted by Gasteiger charge is 2.31. The van der Waals surface area contributed by atoms with Gasteiger partial charge in [-0.15, -0.1) is 0 Å². The number of carbonyl (C=O) groups is 3. The number of aldehydes is 1. The van der Waals surface area contributed by atoms with Crippen LogP contribution in [0.3, 0.4) is 0 Å². The Balaban J connectivity index is 2.07. The lowest BCUT2D eigenvalue weighted by Gasteiger charge is -2.29. The molecule has 1 aliphatic carbocycles. The van der Waals surface area contributed by atoms with Gasteiger partial charge in [0.1, 0.15) is 18.0 Å². The van der Waals surface area contributed by atoms with Crippen LogP contribution in [0.1, 0.15) is 42.6 Å². The van der Waals surface area contributed by atoms with Gasteiger partial charge in [0.2, 0.25) is 5.91 Å². The molecule has 0 bridgehead atoms. The standard InChI is InChI=1S/C16H21N3O3/c20-11-10-18-16(22)14(12-6-2-1-3-7-12)19-15(21)13-8-4-5-9-17-13/h4-5,8-9,11-12,14H,1-3,6-7,10H2,(H,18,22)(H,19,21). The molecule has 6 heteroatoms. The predicted molar refractivity (Wildman–Crippen MR) is 81.1 cm³/mol. The first-order valence-electron chi connectivity index (χ1n) is 7.65. The van der Waals surface area contributed by atoms with Gasteiger partial charge in [-0.25, -0.2) is 0 Å².